The van der Waals surface area contributed by atoms with Gasteiger partial charge in [-0.15, -0.1) is 0 Å². The van der Waals surface area contributed by atoms with Gasteiger partial charge in [0.1, 0.15) is 11.3 Å². The molecule has 0 atom stereocenters. The van der Waals surface area contributed by atoms with Crippen LogP contribution in [0.4, 0.5) is 0 Å². The highest BCUT2D eigenvalue weighted by atomic mass is 16.5. The molecule has 0 aliphatic rings. The van der Waals surface area contributed by atoms with Crippen molar-refractivity contribution in [1.82, 2.24) is 4.98 Å². The maximum Gasteiger partial charge on any atom is 0.341 e. The highest BCUT2D eigenvalue weighted by Crippen LogP contribution is 2.27. The van der Waals surface area contributed by atoms with Crippen LogP contribution in [0.15, 0.2) is 30.5 Å². The molecule has 0 aliphatic carbocycles. The number of hydrogen-bond acceptors (Lipinski definition) is 3. The average molecular weight is 203 g/mol. The summed E-state index contributed by atoms with van der Waals surface area (Å²) in [6.07, 6.45) is 1.31. The molecule has 1 N–H and O–H groups in total. The van der Waals surface area contributed by atoms with E-state index in [2.05, 4.69) is 4.98 Å². The summed E-state index contributed by atoms with van der Waals surface area (Å²) in [5.74, 6) is -0.682. The van der Waals surface area contributed by atoms with Gasteiger partial charge < -0.3 is 9.84 Å². The molecule has 4 heteroatoms. The molecule has 76 valence electrons. The molecule has 0 bridgehead atoms. The van der Waals surface area contributed by atoms with Crippen molar-refractivity contribution in [2.75, 3.05) is 7.11 Å². The van der Waals surface area contributed by atoms with Crippen molar-refractivity contribution in [2.45, 2.75) is 0 Å². The van der Waals surface area contributed by atoms with E-state index in [9.17, 15) is 4.79 Å². The average Bonchev–Trinajstić information content (AvgIpc) is 2.27. The Morgan fingerprint density at radius 3 is 2.80 bits per heavy atom. The number of benzene rings is 1. The van der Waals surface area contributed by atoms with Crippen molar-refractivity contribution in [3.05, 3.63) is 36.0 Å². The van der Waals surface area contributed by atoms with Gasteiger partial charge in [-0.05, 0) is 12.1 Å². The van der Waals surface area contributed by atoms with Gasteiger partial charge in [-0.25, -0.2) is 4.79 Å². The van der Waals surface area contributed by atoms with Crippen molar-refractivity contribution < 1.29 is 14.6 Å². The topological polar surface area (TPSA) is 59.4 Å². The Hall–Kier alpha value is -2.10. The molecule has 15 heavy (non-hydrogen) atoms. The maximum absolute atomic E-state index is 10.9. The number of carboxylic acid groups (broad SMARTS) is 1. The van der Waals surface area contributed by atoms with Crippen LogP contribution in [0.5, 0.6) is 5.75 Å². The smallest absolute Gasteiger partial charge is 0.341 e. The van der Waals surface area contributed by atoms with Crippen molar-refractivity contribution in [1.29, 1.82) is 0 Å². The van der Waals surface area contributed by atoms with Gasteiger partial charge in [-0.1, -0.05) is 12.1 Å². The molecule has 0 radical (unpaired) electrons. The lowest BCUT2D eigenvalue weighted by Crippen LogP contribution is -2.02. The summed E-state index contributed by atoms with van der Waals surface area (Å²) < 4.78 is 5.10. The van der Waals surface area contributed by atoms with Crippen LogP contribution in [0.1, 0.15) is 10.4 Å². The fourth-order valence-corrected chi connectivity index (χ4v) is 1.49. The van der Waals surface area contributed by atoms with Gasteiger partial charge in [-0.2, -0.15) is 0 Å². The molecule has 0 unspecified atom stereocenters. The monoisotopic (exact) mass is 203 g/mol. The van der Waals surface area contributed by atoms with Gasteiger partial charge >= 0.3 is 5.97 Å². The Morgan fingerprint density at radius 1 is 1.40 bits per heavy atom. The Morgan fingerprint density at radius 2 is 2.13 bits per heavy atom. The Balaban J connectivity index is 2.81. The first kappa shape index (κ1) is 9.45. The first-order valence-corrected chi connectivity index (χ1v) is 4.39. The number of ether oxygens (including phenoxy) is 1. The van der Waals surface area contributed by atoms with Crippen LogP contribution in [0.2, 0.25) is 0 Å². The molecule has 0 fully saturated rings. The SMILES string of the molecule is COc1c(C(=O)O)cnc2ccccc12. The molecule has 0 amide bonds. The van der Waals surface area contributed by atoms with E-state index in [1.54, 1.807) is 6.07 Å². The zero-order valence-electron chi connectivity index (χ0n) is 8.10. The number of aromatic carboxylic acids is 1. The highest BCUT2D eigenvalue weighted by molar-refractivity contribution is 5.98. The minimum Gasteiger partial charge on any atom is -0.495 e. The molecule has 1 aromatic heterocycles. The van der Waals surface area contributed by atoms with Gasteiger partial charge in [0.05, 0.1) is 12.6 Å². The minimum atomic E-state index is -1.04. The van der Waals surface area contributed by atoms with E-state index >= 15 is 0 Å². The quantitative estimate of drug-likeness (QED) is 0.810. The van der Waals surface area contributed by atoms with Crippen LogP contribution in [0.25, 0.3) is 10.9 Å². The lowest BCUT2D eigenvalue weighted by Gasteiger charge is -2.07. The predicted molar refractivity (Wildman–Crippen MR) is 55.3 cm³/mol. The molecule has 0 saturated heterocycles. The number of methoxy groups -OCH3 is 1. The van der Waals surface area contributed by atoms with Gasteiger partial charge in [0.25, 0.3) is 0 Å². The van der Waals surface area contributed by atoms with E-state index in [-0.39, 0.29) is 5.56 Å². The number of nitrogens with zero attached hydrogens (tertiary/aromatic N) is 1. The van der Waals surface area contributed by atoms with Gasteiger partial charge in [0.15, 0.2) is 0 Å². The van der Waals surface area contributed by atoms with Crippen LogP contribution < -0.4 is 4.74 Å². The second-order valence-electron chi connectivity index (χ2n) is 3.03. The Labute approximate surface area is 86.1 Å². The molecule has 2 rings (SSSR count). The van der Waals surface area contributed by atoms with Crippen molar-refractivity contribution in [3.8, 4) is 5.75 Å². The normalized spacial score (nSPS) is 10.2. The van der Waals surface area contributed by atoms with E-state index in [4.69, 9.17) is 9.84 Å². The van der Waals surface area contributed by atoms with E-state index in [1.807, 2.05) is 18.2 Å². The van der Waals surface area contributed by atoms with Gasteiger partial charge in [0, 0.05) is 11.6 Å². The second-order valence-corrected chi connectivity index (χ2v) is 3.03. The number of aromatic nitrogens is 1. The first-order chi connectivity index (χ1) is 7.24. The maximum atomic E-state index is 10.9. The van der Waals surface area contributed by atoms with E-state index in [0.29, 0.717) is 11.1 Å². The van der Waals surface area contributed by atoms with E-state index in [0.717, 1.165) is 5.52 Å². The number of para-hydroxylation sites is 1. The summed E-state index contributed by atoms with van der Waals surface area (Å²) in [4.78, 5) is 15.0. The van der Waals surface area contributed by atoms with E-state index < -0.39 is 5.97 Å². The number of hydrogen-bond donors (Lipinski definition) is 1. The summed E-state index contributed by atoms with van der Waals surface area (Å²) in [5.41, 5.74) is 0.801. The Kier molecular flexibility index (Phi) is 2.25. The van der Waals surface area contributed by atoms with Gasteiger partial charge in [0.2, 0.25) is 0 Å². The molecule has 2 aromatic rings. The number of pyridine rings is 1. The predicted octanol–water partition coefficient (Wildman–Crippen LogP) is 1.94. The first-order valence-electron chi connectivity index (χ1n) is 4.39. The third-order valence-corrected chi connectivity index (χ3v) is 2.16. The molecular weight excluding hydrogens is 194 g/mol. The van der Waals surface area contributed by atoms with Crippen LogP contribution in [0, 0.1) is 0 Å². The van der Waals surface area contributed by atoms with Crippen LogP contribution in [-0.4, -0.2) is 23.2 Å². The molecule has 1 aromatic carbocycles. The number of fused-ring (bicyclic) bond motifs is 1. The third-order valence-electron chi connectivity index (χ3n) is 2.16. The number of carbonyl (C=O) groups is 1. The molecule has 4 nitrogen and oxygen atoms in total. The lowest BCUT2D eigenvalue weighted by molar-refractivity contribution is 0.0693. The summed E-state index contributed by atoms with van der Waals surface area (Å²) in [5, 5.41) is 9.64. The third kappa shape index (κ3) is 1.50. The standard InChI is InChI=1S/C11H9NO3/c1-15-10-7-4-2-3-5-9(7)12-6-8(10)11(13)14/h2-6H,1H3,(H,13,14). The summed E-state index contributed by atoms with van der Waals surface area (Å²) in [6, 6.07) is 7.25. The van der Waals surface area contributed by atoms with Crippen LogP contribution in [0.3, 0.4) is 0 Å². The molecule has 0 spiro atoms. The molecule has 0 aliphatic heterocycles. The van der Waals surface area contributed by atoms with Crippen molar-refractivity contribution in [2.24, 2.45) is 0 Å². The van der Waals surface area contributed by atoms with E-state index in [1.165, 1.54) is 13.3 Å². The summed E-state index contributed by atoms with van der Waals surface area (Å²) in [7, 11) is 1.45. The Bertz CT molecular complexity index is 522. The summed E-state index contributed by atoms with van der Waals surface area (Å²) in [6.45, 7) is 0. The minimum absolute atomic E-state index is 0.0798. The van der Waals surface area contributed by atoms with Crippen molar-refractivity contribution in [3.63, 3.8) is 0 Å². The lowest BCUT2D eigenvalue weighted by atomic mass is 10.1. The highest BCUT2D eigenvalue weighted by Gasteiger charge is 2.14. The van der Waals surface area contributed by atoms with Gasteiger partial charge in [-0.3, -0.25) is 4.98 Å². The molecular formula is C11H9NO3. The summed E-state index contributed by atoms with van der Waals surface area (Å²) >= 11 is 0. The fraction of sp³-hybridized carbons (Fsp3) is 0.0909. The molecule has 1 heterocycles. The zero-order chi connectivity index (χ0) is 10.8. The molecule has 0 saturated carbocycles. The van der Waals surface area contributed by atoms with Crippen molar-refractivity contribution >= 4 is 16.9 Å². The second kappa shape index (κ2) is 3.57. The van der Waals surface area contributed by atoms with Crippen LogP contribution in [-0.2, 0) is 0 Å². The fourth-order valence-electron chi connectivity index (χ4n) is 1.49. The number of carboxylic acids is 1. The largest absolute Gasteiger partial charge is 0.495 e. The van der Waals surface area contributed by atoms with Crippen LogP contribution >= 0.6 is 0 Å². The number of rotatable bonds is 2. The zero-order valence-corrected chi connectivity index (χ0v) is 8.10.